The Kier molecular flexibility index (Phi) is 7.59. The summed E-state index contributed by atoms with van der Waals surface area (Å²) in [6.45, 7) is 8.26. The van der Waals surface area contributed by atoms with Crippen LogP contribution >= 0.6 is 0 Å². The van der Waals surface area contributed by atoms with E-state index in [0.29, 0.717) is 37.2 Å². The zero-order valence-corrected chi connectivity index (χ0v) is 20.5. The van der Waals surface area contributed by atoms with Crippen molar-refractivity contribution >= 4 is 27.5 Å². The first kappa shape index (κ1) is 24.9. The van der Waals surface area contributed by atoms with E-state index in [-0.39, 0.29) is 23.5 Å². The summed E-state index contributed by atoms with van der Waals surface area (Å²) in [4.78, 5) is 25.5. The third-order valence-electron chi connectivity index (χ3n) is 5.61. The summed E-state index contributed by atoms with van der Waals surface area (Å²) in [6.07, 6.45) is 0.880. The van der Waals surface area contributed by atoms with Crippen LogP contribution in [0.5, 0.6) is 0 Å². The smallest absolute Gasteiger partial charge is 0.253 e. The Balaban J connectivity index is 1.60. The number of sulfonamides is 1. The van der Waals surface area contributed by atoms with Gasteiger partial charge in [-0.25, -0.2) is 12.7 Å². The molecule has 0 radical (unpaired) electrons. The van der Waals surface area contributed by atoms with E-state index in [4.69, 9.17) is 0 Å². The largest absolute Gasteiger partial charge is 0.347 e. The molecule has 178 valence electrons. The number of nitrogens with one attached hydrogen (secondary N) is 2. The molecular weight excluding hydrogens is 438 g/mol. The Labute approximate surface area is 196 Å². The van der Waals surface area contributed by atoms with Crippen LogP contribution < -0.4 is 10.6 Å². The third-order valence-corrected chi connectivity index (χ3v) is 7.46. The fraction of sp³-hybridized carbons (Fsp3) is 0.440. The van der Waals surface area contributed by atoms with Crippen molar-refractivity contribution in [2.75, 3.05) is 18.4 Å². The van der Waals surface area contributed by atoms with Crippen molar-refractivity contribution in [2.45, 2.75) is 51.8 Å². The van der Waals surface area contributed by atoms with Crippen LogP contribution in [0.4, 0.5) is 5.69 Å². The van der Waals surface area contributed by atoms with Gasteiger partial charge in [0.15, 0.2) is 0 Å². The summed E-state index contributed by atoms with van der Waals surface area (Å²) < 4.78 is 27.1. The predicted octanol–water partition coefficient (Wildman–Crippen LogP) is 3.70. The molecule has 1 heterocycles. The van der Waals surface area contributed by atoms with Crippen LogP contribution in [0.1, 0.15) is 55.1 Å². The molecule has 2 N–H and O–H groups in total. The van der Waals surface area contributed by atoms with Gasteiger partial charge in [-0.15, -0.1) is 0 Å². The summed E-state index contributed by atoms with van der Waals surface area (Å²) in [6, 6.07) is 14.4. The van der Waals surface area contributed by atoms with Crippen molar-refractivity contribution in [1.82, 2.24) is 9.62 Å². The molecule has 1 fully saturated rings. The van der Waals surface area contributed by atoms with Crippen molar-refractivity contribution in [2.24, 2.45) is 5.92 Å². The summed E-state index contributed by atoms with van der Waals surface area (Å²) in [5.41, 5.74) is 2.30. The molecular formula is C25H33N3O4S. The predicted molar refractivity (Wildman–Crippen MR) is 130 cm³/mol. The molecule has 1 saturated heterocycles. The number of piperidine rings is 1. The molecule has 0 aliphatic carbocycles. The molecule has 0 aromatic heterocycles. The molecule has 7 nitrogen and oxygen atoms in total. The lowest BCUT2D eigenvalue weighted by Crippen LogP contribution is -2.42. The monoisotopic (exact) mass is 471 g/mol. The van der Waals surface area contributed by atoms with Crippen molar-refractivity contribution in [3.63, 3.8) is 0 Å². The molecule has 0 unspecified atom stereocenters. The van der Waals surface area contributed by atoms with Crippen LogP contribution in [-0.4, -0.2) is 43.2 Å². The van der Waals surface area contributed by atoms with E-state index in [1.165, 1.54) is 4.31 Å². The van der Waals surface area contributed by atoms with E-state index >= 15 is 0 Å². The Morgan fingerprint density at radius 2 is 1.61 bits per heavy atom. The second-order valence-electron chi connectivity index (χ2n) is 9.65. The lowest BCUT2D eigenvalue weighted by molar-refractivity contribution is -0.120. The van der Waals surface area contributed by atoms with Gasteiger partial charge in [-0.3, -0.25) is 9.59 Å². The highest BCUT2D eigenvalue weighted by Crippen LogP contribution is 2.24. The van der Waals surface area contributed by atoms with Crippen LogP contribution in [0.25, 0.3) is 0 Å². The second-order valence-corrected chi connectivity index (χ2v) is 11.6. The van der Waals surface area contributed by atoms with E-state index in [2.05, 4.69) is 10.6 Å². The molecule has 1 aliphatic rings. The first-order chi connectivity index (χ1) is 15.4. The number of amides is 2. The highest BCUT2D eigenvalue weighted by Gasteiger charge is 2.31. The zero-order chi connectivity index (χ0) is 24.2. The molecule has 2 aromatic carbocycles. The number of nitrogens with zero attached hydrogens (tertiary/aromatic N) is 1. The number of benzene rings is 2. The van der Waals surface area contributed by atoms with Crippen LogP contribution in [-0.2, 0) is 20.6 Å². The molecule has 0 spiro atoms. The van der Waals surface area contributed by atoms with Crippen molar-refractivity contribution in [1.29, 1.82) is 0 Å². The Hall–Kier alpha value is -2.71. The van der Waals surface area contributed by atoms with E-state index < -0.39 is 15.6 Å². The molecule has 2 amide bonds. The van der Waals surface area contributed by atoms with Crippen molar-refractivity contribution in [3.8, 4) is 0 Å². The summed E-state index contributed by atoms with van der Waals surface area (Å²) in [5.74, 6) is -0.799. The fourth-order valence-corrected chi connectivity index (χ4v) is 5.38. The molecule has 2 aromatic rings. The number of anilines is 1. The maximum absolute atomic E-state index is 12.9. The van der Waals surface area contributed by atoms with Crippen LogP contribution in [0.2, 0.25) is 0 Å². The van der Waals surface area contributed by atoms with E-state index in [0.717, 1.165) is 11.1 Å². The lowest BCUT2D eigenvalue weighted by Gasteiger charge is -2.30. The average molecular weight is 472 g/mol. The van der Waals surface area contributed by atoms with E-state index in [1.54, 1.807) is 24.3 Å². The standard InChI is InChI=1S/C25H33N3O4S/c1-18-9-11-19(12-10-18)17-33(31,32)28-15-13-20(14-16-28)23(29)26-22-8-6-5-7-21(22)24(30)27-25(2,3)4/h5-12,20H,13-17H2,1-4H3,(H,26,29)(H,27,30). The number of hydrogen-bond donors (Lipinski definition) is 2. The Morgan fingerprint density at radius 1 is 1.00 bits per heavy atom. The first-order valence-corrected chi connectivity index (χ1v) is 12.8. The fourth-order valence-electron chi connectivity index (χ4n) is 3.82. The van der Waals surface area contributed by atoms with Crippen molar-refractivity contribution in [3.05, 3.63) is 65.2 Å². The lowest BCUT2D eigenvalue weighted by atomic mass is 9.97. The number of carbonyl (C=O) groups excluding carboxylic acids is 2. The van der Waals surface area contributed by atoms with Gasteiger partial charge in [0.2, 0.25) is 15.9 Å². The number of aryl methyl sites for hydroxylation is 1. The molecule has 0 bridgehead atoms. The zero-order valence-electron chi connectivity index (χ0n) is 19.7. The summed E-state index contributed by atoms with van der Waals surface area (Å²) >= 11 is 0. The van der Waals surface area contributed by atoms with E-state index in [9.17, 15) is 18.0 Å². The van der Waals surface area contributed by atoms with Crippen LogP contribution in [0.3, 0.4) is 0 Å². The van der Waals surface area contributed by atoms with Gasteiger partial charge in [-0.2, -0.15) is 0 Å². The SMILES string of the molecule is Cc1ccc(CS(=O)(=O)N2CCC(C(=O)Nc3ccccc3C(=O)NC(C)(C)C)CC2)cc1. The molecule has 0 saturated carbocycles. The number of carbonyl (C=O) groups is 2. The third kappa shape index (κ3) is 6.88. The number of para-hydroxylation sites is 1. The molecule has 1 aliphatic heterocycles. The second kappa shape index (κ2) is 10.1. The van der Waals surface area contributed by atoms with E-state index in [1.807, 2.05) is 52.0 Å². The quantitative estimate of drug-likeness (QED) is 0.671. The summed E-state index contributed by atoms with van der Waals surface area (Å²) in [5, 5.41) is 5.79. The van der Waals surface area contributed by atoms with Crippen LogP contribution in [0.15, 0.2) is 48.5 Å². The van der Waals surface area contributed by atoms with Gasteiger partial charge in [0, 0.05) is 24.5 Å². The van der Waals surface area contributed by atoms with Gasteiger partial charge in [0.05, 0.1) is 17.0 Å². The minimum atomic E-state index is -3.44. The number of hydrogen-bond acceptors (Lipinski definition) is 4. The topological polar surface area (TPSA) is 95.6 Å². The highest BCUT2D eigenvalue weighted by molar-refractivity contribution is 7.88. The Bertz CT molecular complexity index is 1100. The van der Waals surface area contributed by atoms with Gasteiger partial charge in [0.1, 0.15) is 0 Å². The summed E-state index contributed by atoms with van der Waals surface area (Å²) in [7, 11) is -3.44. The maximum Gasteiger partial charge on any atom is 0.253 e. The molecule has 0 atom stereocenters. The molecule has 33 heavy (non-hydrogen) atoms. The Morgan fingerprint density at radius 3 is 2.21 bits per heavy atom. The number of rotatable bonds is 6. The van der Waals surface area contributed by atoms with Gasteiger partial charge in [0.25, 0.3) is 5.91 Å². The van der Waals surface area contributed by atoms with Gasteiger partial charge in [-0.05, 0) is 58.2 Å². The highest BCUT2D eigenvalue weighted by atomic mass is 32.2. The van der Waals surface area contributed by atoms with Gasteiger partial charge in [-0.1, -0.05) is 42.0 Å². The minimum absolute atomic E-state index is 0.0413. The molecule has 8 heteroatoms. The maximum atomic E-state index is 12.9. The minimum Gasteiger partial charge on any atom is -0.347 e. The van der Waals surface area contributed by atoms with Crippen molar-refractivity contribution < 1.29 is 18.0 Å². The van der Waals surface area contributed by atoms with Gasteiger partial charge >= 0.3 is 0 Å². The van der Waals surface area contributed by atoms with Crippen LogP contribution in [0, 0.1) is 12.8 Å². The first-order valence-electron chi connectivity index (χ1n) is 11.2. The normalized spacial score (nSPS) is 15.8. The van der Waals surface area contributed by atoms with Gasteiger partial charge < -0.3 is 10.6 Å². The average Bonchev–Trinajstić information content (AvgIpc) is 2.74. The molecule has 3 rings (SSSR count).